The molecule has 2 bridgehead atoms. The Morgan fingerprint density at radius 1 is 1.08 bits per heavy atom. The molecule has 3 aliphatic heterocycles. The van der Waals surface area contributed by atoms with E-state index in [2.05, 4.69) is 10.6 Å². The van der Waals surface area contributed by atoms with Crippen molar-refractivity contribution >= 4 is 23.4 Å². The molecule has 1 spiro atoms. The van der Waals surface area contributed by atoms with Gasteiger partial charge in [-0.25, -0.2) is 0 Å². The van der Waals surface area contributed by atoms with E-state index in [0.29, 0.717) is 25.8 Å². The van der Waals surface area contributed by atoms with Gasteiger partial charge in [0.05, 0.1) is 17.9 Å². The number of hydrogen-bond donors (Lipinski definition) is 3. The van der Waals surface area contributed by atoms with Gasteiger partial charge in [0.15, 0.2) is 0 Å². The summed E-state index contributed by atoms with van der Waals surface area (Å²) in [6, 6.07) is 14.5. The molecule has 2 unspecified atom stereocenters. The number of aryl methyl sites for hydroxylation is 2. The maximum Gasteiger partial charge on any atom is 0.250 e. The van der Waals surface area contributed by atoms with Gasteiger partial charge in [0.25, 0.3) is 0 Å². The highest BCUT2D eigenvalue weighted by atomic mass is 16.5. The Bertz CT molecular complexity index is 1150. The number of benzene rings is 2. The van der Waals surface area contributed by atoms with E-state index < -0.39 is 29.6 Å². The van der Waals surface area contributed by atoms with Crippen LogP contribution in [0.1, 0.15) is 36.0 Å². The molecule has 190 valence electrons. The van der Waals surface area contributed by atoms with Crippen molar-refractivity contribution in [1.82, 2.24) is 10.2 Å². The van der Waals surface area contributed by atoms with E-state index in [1.807, 2.05) is 62.4 Å². The van der Waals surface area contributed by atoms with E-state index >= 15 is 0 Å². The van der Waals surface area contributed by atoms with Gasteiger partial charge in [-0.3, -0.25) is 14.4 Å². The number of rotatable bonds is 8. The summed E-state index contributed by atoms with van der Waals surface area (Å²) in [5, 5.41) is 15.5. The lowest BCUT2D eigenvalue weighted by molar-refractivity contribution is -0.141. The molecule has 0 radical (unpaired) electrons. The molecular formula is C28H33N3O5. The summed E-state index contributed by atoms with van der Waals surface area (Å²) in [5.74, 6) is -2.15. The van der Waals surface area contributed by atoms with E-state index in [-0.39, 0.29) is 30.9 Å². The zero-order valence-corrected chi connectivity index (χ0v) is 20.7. The third kappa shape index (κ3) is 3.98. The van der Waals surface area contributed by atoms with Crippen LogP contribution in [0.15, 0.2) is 48.5 Å². The summed E-state index contributed by atoms with van der Waals surface area (Å²) in [4.78, 5) is 42.5. The van der Waals surface area contributed by atoms with Crippen LogP contribution in [0, 0.1) is 25.7 Å². The molecule has 3 N–H and O–H groups in total. The number of fused-ring (bicyclic) bond motifs is 1. The molecule has 2 aromatic carbocycles. The van der Waals surface area contributed by atoms with Crippen LogP contribution in [0.3, 0.4) is 0 Å². The van der Waals surface area contributed by atoms with Crippen LogP contribution < -0.4 is 10.6 Å². The number of likely N-dealkylation sites (tertiary alicyclic amines) is 1. The zero-order chi connectivity index (χ0) is 25.4. The highest BCUT2D eigenvalue weighted by molar-refractivity contribution is 6.04. The van der Waals surface area contributed by atoms with Crippen LogP contribution in [0.2, 0.25) is 0 Å². The Balaban J connectivity index is 1.43. The summed E-state index contributed by atoms with van der Waals surface area (Å²) < 4.78 is 6.44. The van der Waals surface area contributed by atoms with Gasteiger partial charge in [0.1, 0.15) is 11.6 Å². The molecule has 0 aromatic heterocycles. The first-order valence-corrected chi connectivity index (χ1v) is 12.7. The van der Waals surface area contributed by atoms with Crippen molar-refractivity contribution in [1.29, 1.82) is 0 Å². The number of nitrogens with one attached hydrogen (secondary N) is 2. The number of aliphatic hydroxyl groups is 1. The Morgan fingerprint density at radius 2 is 1.81 bits per heavy atom. The highest BCUT2D eigenvalue weighted by Crippen LogP contribution is 2.58. The predicted octanol–water partition coefficient (Wildman–Crippen LogP) is 2.32. The number of nitrogens with zero attached hydrogens (tertiary/aromatic N) is 1. The number of hydrogen-bond acceptors (Lipinski definition) is 5. The van der Waals surface area contributed by atoms with Crippen LogP contribution in [0.4, 0.5) is 5.69 Å². The normalized spacial score (nSPS) is 28.3. The molecule has 3 amide bonds. The lowest BCUT2D eigenvalue weighted by Gasteiger charge is -2.33. The van der Waals surface area contributed by atoms with Crippen molar-refractivity contribution < 1.29 is 24.2 Å². The zero-order valence-electron chi connectivity index (χ0n) is 20.7. The lowest BCUT2D eigenvalue weighted by atomic mass is 9.70. The van der Waals surface area contributed by atoms with Gasteiger partial charge in [-0.15, -0.1) is 0 Å². The molecule has 8 heteroatoms. The van der Waals surface area contributed by atoms with Crippen molar-refractivity contribution in [2.75, 3.05) is 18.5 Å². The van der Waals surface area contributed by atoms with Crippen LogP contribution in [-0.2, 0) is 25.7 Å². The van der Waals surface area contributed by atoms with Crippen molar-refractivity contribution in [3.05, 3.63) is 65.2 Å². The van der Waals surface area contributed by atoms with Gasteiger partial charge in [0, 0.05) is 25.4 Å². The number of aliphatic hydroxyl groups excluding tert-OH is 1. The minimum absolute atomic E-state index is 0.100. The third-order valence-corrected chi connectivity index (χ3v) is 7.95. The quantitative estimate of drug-likeness (QED) is 0.525. The molecule has 3 aliphatic rings. The van der Waals surface area contributed by atoms with Crippen molar-refractivity contribution in [3.8, 4) is 0 Å². The first kappa shape index (κ1) is 24.5. The number of carbonyl (C=O) groups excluding carboxylic acids is 3. The minimum Gasteiger partial charge on any atom is -0.396 e. The van der Waals surface area contributed by atoms with E-state index in [9.17, 15) is 19.5 Å². The number of carbonyl (C=O) groups is 3. The van der Waals surface area contributed by atoms with E-state index in [0.717, 1.165) is 22.4 Å². The SMILES string of the molecule is Cc1cccc(C)c1NC(=O)C1N(CCCO)C(=O)[C@@H]2[C@@H](C(=O)NCc3ccccc3)[C@H]3CCC12O3. The predicted molar refractivity (Wildman–Crippen MR) is 134 cm³/mol. The van der Waals surface area contributed by atoms with Gasteiger partial charge < -0.3 is 25.4 Å². The van der Waals surface area contributed by atoms with Gasteiger partial charge in [0.2, 0.25) is 17.7 Å². The lowest BCUT2D eigenvalue weighted by Crippen LogP contribution is -2.53. The van der Waals surface area contributed by atoms with Gasteiger partial charge in [-0.05, 0) is 49.8 Å². The minimum atomic E-state index is -1.05. The fourth-order valence-electron chi connectivity index (χ4n) is 6.34. The fraction of sp³-hybridized carbons (Fsp3) is 0.464. The Morgan fingerprint density at radius 3 is 2.50 bits per heavy atom. The summed E-state index contributed by atoms with van der Waals surface area (Å²) >= 11 is 0. The van der Waals surface area contributed by atoms with Crippen molar-refractivity contribution in [2.24, 2.45) is 11.8 Å². The van der Waals surface area contributed by atoms with Gasteiger partial charge in [-0.2, -0.15) is 0 Å². The van der Waals surface area contributed by atoms with Crippen LogP contribution in [0.5, 0.6) is 0 Å². The van der Waals surface area contributed by atoms with Crippen molar-refractivity contribution in [2.45, 2.75) is 57.4 Å². The maximum absolute atomic E-state index is 13.8. The molecule has 0 aliphatic carbocycles. The standard InChI is InChI=1S/C28H33N3O5/c1-17-8-6-9-18(2)23(17)30-26(34)24-28-13-12-20(36-28)21(22(28)27(35)31(24)14-7-15-32)25(33)29-16-19-10-4-3-5-11-19/h3-6,8-11,20-22,24,32H,7,12-16H2,1-2H3,(H,29,33)(H,30,34)/t20-,21+,22+,24?,28?/m1/s1. The molecule has 3 heterocycles. The monoisotopic (exact) mass is 491 g/mol. The molecule has 36 heavy (non-hydrogen) atoms. The second-order valence-electron chi connectivity index (χ2n) is 10.1. The van der Waals surface area contributed by atoms with Gasteiger partial charge >= 0.3 is 0 Å². The molecule has 8 nitrogen and oxygen atoms in total. The second kappa shape index (κ2) is 9.67. The molecule has 5 atom stereocenters. The Labute approximate surface area is 211 Å². The molecule has 0 saturated carbocycles. The Hall–Kier alpha value is -3.23. The molecule has 2 aromatic rings. The molecule has 3 fully saturated rings. The number of para-hydroxylation sites is 1. The number of anilines is 1. The first-order chi connectivity index (χ1) is 17.4. The highest BCUT2D eigenvalue weighted by Gasteiger charge is 2.74. The topological polar surface area (TPSA) is 108 Å². The molecule has 3 saturated heterocycles. The largest absolute Gasteiger partial charge is 0.396 e. The van der Waals surface area contributed by atoms with Crippen LogP contribution >= 0.6 is 0 Å². The third-order valence-electron chi connectivity index (χ3n) is 7.95. The summed E-state index contributed by atoms with van der Waals surface area (Å²) in [5.41, 5.74) is 2.50. The molecular weight excluding hydrogens is 458 g/mol. The van der Waals surface area contributed by atoms with E-state index in [1.165, 1.54) is 4.90 Å². The smallest absolute Gasteiger partial charge is 0.250 e. The summed E-state index contributed by atoms with van der Waals surface area (Å²) in [6.07, 6.45) is 1.10. The number of ether oxygens (including phenoxy) is 1. The van der Waals surface area contributed by atoms with Crippen LogP contribution in [0.25, 0.3) is 0 Å². The average Bonchev–Trinajstić information content (AvgIpc) is 3.51. The maximum atomic E-state index is 13.8. The van der Waals surface area contributed by atoms with Crippen LogP contribution in [-0.4, -0.2) is 58.6 Å². The molecule has 5 rings (SSSR count). The van der Waals surface area contributed by atoms with E-state index in [4.69, 9.17) is 4.74 Å². The average molecular weight is 492 g/mol. The first-order valence-electron chi connectivity index (χ1n) is 12.7. The van der Waals surface area contributed by atoms with Gasteiger partial charge in [-0.1, -0.05) is 48.5 Å². The fourth-order valence-corrected chi connectivity index (χ4v) is 6.34. The van der Waals surface area contributed by atoms with E-state index in [1.54, 1.807) is 0 Å². The summed E-state index contributed by atoms with van der Waals surface area (Å²) in [7, 11) is 0. The Kier molecular flexibility index (Phi) is 6.57. The second-order valence-corrected chi connectivity index (χ2v) is 10.1. The summed E-state index contributed by atoms with van der Waals surface area (Å²) in [6.45, 7) is 4.35. The van der Waals surface area contributed by atoms with Crippen molar-refractivity contribution in [3.63, 3.8) is 0 Å². The number of amides is 3.